The number of carbonyl (C=O) groups is 2. The molecule has 2 aromatic carbocycles. The quantitative estimate of drug-likeness (QED) is 0.766. The van der Waals surface area contributed by atoms with Crippen LogP contribution in [0.25, 0.3) is 0 Å². The van der Waals surface area contributed by atoms with E-state index in [4.69, 9.17) is 0 Å². The SMILES string of the molecule is CC(=O)c1ccc(NCCC(=O)Nc2ccc(N(C)C)cc2)cc1. The van der Waals surface area contributed by atoms with Crippen molar-refractivity contribution in [2.75, 3.05) is 36.2 Å². The Kier molecular flexibility index (Phi) is 5.95. The fourth-order valence-electron chi connectivity index (χ4n) is 2.21. The van der Waals surface area contributed by atoms with Gasteiger partial charge in [-0.15, -0.1) is 0 Å². The number of Topliss-reactive ketones (excluding diaryl/α,β-unsaturated/α-hetero) is 1. The minimum atomic E-state index is -0.0412. The van der Waals surface area contributed by atoms with Crippen molar-refractivity contribution in [1.82, 2.24) is 0 Å². The monoisotopic (exact) mass is 325 g/mol. The first-order chi connectivity index (χ1) is 11.5. The van der Waals surface area contributed by atoms with E-state index >= 15 is 0 Å². The molecular weight excluding hydrogens is 302 g/mol. The summed E-state index contributed by atoms with van der Waals surface area (Å²) in [5, 5.41) is 6.05. The predicted molar refractivity (Wildman–Crippen MR) is 99.0 cm³/mol. The minimum Gasteiger partial charge on any atom is -0.385 e. The Morgan fingerprint density at radius 3 is 2.04 bits per heavy atom. The Balaban J connectivity index is 1.77. The van der Waals surface area contributed by atoms with Crippen molar-refractivity contribution in [1.29, 1.82) is 0 Å². The lowest BCUT2D eigenvalue weighted by molar-refractivity contribution is -0.115. The largest absolute Gasteiger partial charge is 0.385 e. The first-order valence-corrected chi connectivity index (χ1v) is 7.88. The molecule has 5 nitrogen and oxygen atoms in total. The number of ketones is 1. The molecule has 0 spiro atoms. The van der Waals surface area contributed by atoms with Crippen LogP contribution in [-0.4, -0.2) is 32.3 Å². The second-order valence-corrected chi connectivity index (χ2v) is 5.80. The summed E-state index contributed by atoms with van der Waals surface area (Å²) in [6.45, 7) is 2.07. The molecule has 126 valence electrons. The number of benzene rings is 2. The molecule has 2 rings (SSSR count). The van der Waals surface area contributed by atoms with Gasteiger partial charge in [0.2, 0.25) is 5.91 Å². The third kappa shape index (κ3) is 5.12. The van der Waals surface area contributed by atoms with Crippen molar-refractivity contribution in [3.63, 3.8) is 0 Å². The smallest absolute Gasteiger partial charge is 0.226 e. The van der Waals surface area contributed by atoms with Gasteiger partial charge < -0.3 is 15.5 Å². The fraction of sp³-hybridized carbons (Fsp3) is 0.263. The van der Waals surface area contributed by atoms with E-state index in [1.165, 1.54) is 6.92 Å². The molecule has 0 saturated heterocycles. The van der Waals surface area contributed by atoms with Gasteiger partial charge in [-0.2, -0.15) is 0 Å². The molecule has 0 heterocycles. The normalized spacial score (nSPS) is 10.1. The van der Waals surface area contributed by atoms with Crippen molar-refractivity contribution in [2.24, 2.45) is 0 Å². The van der Waals surface area contributed by atoms with Gasteiger partial charge in [0.05, 0.1) is 0 Å². The maximum Gasteiger partial charge on any atom is 0.226 e. The Bertz CT molecular complexity index is 692. The molecule has 0 bridgehead atoms. The van der Waals surface area contributed by atoms with E-state index in [2.05, 4.69) is 10.6 Å². The molecular formula is C19H23N3O2. The Labute approximate surface area is 142 Å². The van der Waals surface area contributed by atoms with Gasteiger partial charge in [0, 0.05) is 49.7 Å². The zero-order chi connectivity index (χ0) is 17.5. The molecule has 24 heavy (non-hydrogen) atoms. The summed E-state index contributed by atoms with van der Waals surface area (Å²) >= 11 is 0. The van der Waals surface area contributed by atoms with Crippen molar-refractivity contribution in [3.05, 3.63) is 54.1 Å². The number of anilines is 3. The highest BCUT2D eigenvalue weighted by molar-refractivity contribution is 5.94. The number of hydrogen-bond donors (Lipinski definition) is 2. The molecule has 0 aliphatic rings. The van der Waals surface area contributed by atoms with Crippen LogP contribution in [0.3, 0.4) is 0 Å². The highest BCUT2D eigenvalue weighted by Gasteiger charge is 2.04. The van der Waals surface area contributed by atoms with Crippen LogP contribution in [-0.2, 0) is 4.79 Å². The van der Waals surface area contributed by atoms with Gasteiger partial charge in [-0.25, -0.2) is 0 Å². The number of nitrogens with zero attached hydrogens (tertiary/aromatic N) is 1. The van der Waals surface area contributed by atoms with E-state index in [0.717, 1.165) is 17.1 Å². The average molecular weight is 325 g/mol. The molecule has 5 heteroatoms. The molecule has 0 aromatic heterocycles. The van der Waals surface area contributed by atoms with Crippen LogP contribution in [0, 0.1) is 0 Å². The molecule has 0 unspecified atom stereocenters. The van der Waals surface area contributed by atoms with Gasteiger partial charge in [-0.3, -0.25) is 9.59 Å². The van der Waals surface area contributed by atoms with Crippen LogP contribution in [0.5, 0.6) is 0 Å². The Hall–Kier alpha value is -2.82. The maximum absolute atomic E-state index is 12.0. The second kappa shape index (κ2) is 8.15. The number of hydrogen-bond acceptors (Lipinski definition) is 4. The summed E-state index contributed by atoms with van der Waals surface area (Å²) < 4.78 is 0. The number of carbonyl (C=O) groups excluding carboxylic acids is 2. The number of rotatable bonds is 7. The molecule has 2 aromatic rings. The molecule has 2 N–H and O–H groups in total. The number of amides is 1. The van der Waals surface area contributed by atoms with Gasteiger partial charge in [0.15, 0.2) is 5.78 Å². The molecule has 0 fully saturated rings. The van der Waals surface area contributed by atoms with Gasteiger partial charge in [-0.05, 0) is 55.5 Å². The lowest BCUT2D eigenvalue weighted by Crippen LogP contribution is -2.16. The van der Waals surface area contributed by atoms with Gasteiger partial charge in [0.25, 0.3) is 0 Å². The zero-order valence-corrected chi connectivity index (χ0v) is 14.3. The summed E-state index contributed by atoms with van der Waals surface area (Å²) in [5.74, 6) is 0.00155. The van der Waals surface area contributed by atoms with Crippen molar-refractivity contribution >= 4 is 28.8 Å². The summed E-state index contributed by atoms with van der Waals surface area (Å²) in [6, 6.07) is 14.9. The lowest BCUT2D eigenvalue weighted by Gasteiger charge is -2.13. The Morgan fingerprint density at radius 2 is 1.50 bits per heavy atom. The van der Waals surface area contributed by atoms with Crippen molar-refractivity contribution in [3.8, 4) is 0 Å². The maximum atomic E-state index is 12.0. The first kappa shape index (κ1) is 17.5. The van der Waals surface area contributed by atoms with Crippen LogP contribution in [0.2, 0.25) is 0 Å². The van der Waals surface area contributed by atoms with Crippen LogP contribution >= 0.6 is 0 Å². The van der Waals surface area contributed by atoms with Crippen LogP contribution in [0.4, 0.5) is 17.1 Å². The first-order valence-electron chi connectivity index (χ1n) is 7.88. The van der Waals surface area contributed by atoms with E-state index in [9.17, 15) is 9.59 Å². The zero-order valence-electron chi connectivity index (χ0n) is 14.3. The molecule has 0 aliphatic heterocycles. The van der Waals surface area contributed by atoms with Crippen molar-refractivity contribution in [2.45, 2.75) is 13.3 Å². The van der Waals surface area contributed by atoms with Crippen LogP contribution < -0.4 is 15.5 Å². The van der Waals surface area contributed by atoms with Crippen LogP contribution in [0.1, 0.15) is 23.7 Å². The van der Waals surface area contributed by atoms with E-state index in [-0.39, 0.29) is 11.7 Å². The Morgan fingerprint density at radius 1 is 0.917 bits per heavy atom. The number of nitrogens with one attached hydrogen (secondary N) is 2. The minimum absolute atomic E-state index is 0.0412. The third-order valence-corrected chi connectivity index (χ3v) is 3.64. The van der Waals surface area contributed by atoms with Gasteiger partial charge in [0.1, 0.15) is 0 Å². The summed E-state index contributed by atoms with van der Waals surface area (Å²) in [6.07, 6.45) is 0.365. The highest BCUT2D eigenvalue weighted by atomic mass is 16.1. The summed E-state index contributed by atoms with van der Waals surface area (Å²) in [4.78, 5) is 25.2. The third-order valence-electron chi connectivity index (χ3n) is 3.64. The van der Waals surface area contributed by atoms with E-state index in [1.54, 1.807) is 12.1 Å². The lowest BCUT2D eigenvalue weighted by atomic mass is 10.1. The topological polar surface area (TPSA) is 61.4 Å². The van der Waals surface area contributed by atoms with E-state index < -0.39 is 0 Å². The van der Waals surface area contributed by atoms with E-state index in [1.807, 2.05) is 55.4 Å². The fourth-order valence-corrected chi connectivity index (χ4v) is 2.21. The summed E-state index contributed by atoms with van der Waals surface area (Å²) in [5.41, 5.74) is 3.45. The second-order valence-electron chi connectivity index (χ2n) is 5.80. The average Bonchev–Trinajstić information content (AvgIpc) is 2.55. The predicted octanol–water partition coefficient (Wildman–Crippen LogP) is 3.40. The van der Waals surface area contributed by atoms with Crippen molar-refractivity contribution < 1.29 is 9.59 Å². The van der Waals surface area contributed by atoms with Crippen LogP contribution in [0.15, 0.2) is 48.5 Å². The van der Waals surface area contributed by atoms with E-state index in [0.29, 0.717) is 18.5 Å². The molecule has 1 amide bonds. The van der Waals surface area contributed by atoms with Gasteiger partial charge in [-0.1, -0.05) is 0 Å². The molecule has 0 aliphatic carbocycles. The highest BCUT2D eigenvalue weighted by Crippen LogP contribution is 2.16. The molecule has 0 atom stereocenters. The van der Waals surface area contributed by atoms with Gasteiger partial charge >= 0.3 is 0 Å². The molecule has 0 radical (unpaired) electrons. The standard InChI is InChI=1S/C19H23N3O2/c1-14(23)15-4-6-16(7-5-15)20-13-12-19(24)21-17-8-10-18(11-9-17)22(2)3/h4-11,20H,12-13H2,1-3H3,(H,21,24). The molecule has 0 saturated carbocycles. The summed E-state index contributed by atoms with van der Waals surface area (Å²) in [7, 11) is 3.95.